The van der Waals surface area contributed by atoms with E-state index in [4.69, 9.17) is 0 Å². The molecule has 0 fully saturated rings. The van der Waals surface area contributed by atoms with Crippen LogP contribution in [0.3, 0.4) is 0 Å². The van der Waals surface area contributed by atoms with Gasteiger partial charge in [-0.1, -0.05) is 24.3 Å². The predicted molar refractivity (Wildman–Crippen MR) is 77.0 cm³/mol. The molecule has 2 aromatic rings. The third-order valence-electron chi connectivity index (χ3n) is 3.98. The molecular weight excluding hydrogens is 275 g/mol. The Morgan fingerprint density at radius 3 is 2.57 bits per heavy atom. The molecule has 2 aromatic carbocycles. The second kappa shape index (κ2) is 5.19. The van der Waals surface area contributed by atoms with Crippen LogP contribution in [0.5, 0.6) is 0 Å². The van der Waals surface area contributed by atoms with Gasteiger partial charge in [0.15, 0.2) is 0 Å². The zero-order valence-electron chi connectivity index (χ0n) is 11.7. The summed E-state index contributed by atoms with van der Waals surface area (Å²) in [6.07, 6.45) is -3.38. The van der Waals surface area contributed by atoms with Crippen molar-refractivity contribution < 1.29 is 13.2 Å². The van der Waals surface area contributed by atoms with Crippen molar-refractivity contribution in [1.29, 1.82) is 0 Å². The molecule has 4 heteroatoms. The van der Waals surface area contributed by atoms with Crippen molar-refractivity contribution in [3.05, 3.63) is 58.7 Å². The lowest BCUT2D eigenvalue weighted by Crippen LogP contribution is -2.24. The highest BCUT2D eigenvalue weighted by Crippen LogP contribution is 2.35. The Kier molecular flexibility index (Phi) is 3.49. The Hall–Kier alpha value is -1.81. The molecule has 1 heterocycles. The Balaban J connectivity index is 2.10. The first-order chi connectivity index (χ1) is 9.97. The average Bonchev–Trinajstić information content (AvgIpc) is 2.46. The summed E-state index contributed by atoms with van der Waals surface area (Å²) in [6.45, 7) is 3.47. The SMILES string of the molecule is Cc1cc(C(F)(F)F)ccc1-c1cccc2c1CCNC2. The molecule has 0 aliphatic carbocycles. The van der Waals surface area contributed by atoms with Crippen LogP contribution in [0.15, 0.2) is 36.4 Å². The molecule has 0 radical (unpaired) electrons. The van der Waals surface area contributed by atoms with Crippen molar-refractivity contribution in [2.24, 2.45) is 0 Å². The fourth-order valence-electron chi connectivity index (χ4n) is 2.93. The van der Waals surface area contributed by atoms with Gasteiger partial charge in [-0.15, -0.1) is 0 Å². The molecule has 0 spiro atoms. The van der Waals surface area contributed by atoms with Crippen molar-refractivity contribution in [2.45, 2.75) is 26.1 Å². The van der Waals surface area contributed by atoms with Crippen LogP contribution in [0, 0.1) is 6.92 Å². The first-order valence-electron chi connectivity index (χ1n) is 6.96. The highest BCUT2D eigenvalue weighted by molar-refractivity contribution is 5.72. The van der Waals surface area contributed by atoms with Crippen molar-refractivity contribution in [2.75, 3.05) is 6.54 Å². The van der Waals surface area contributed by atoms with Crippen LogP contribution in [-0.4, -0.2) is 6.54 Å². The molecule has 0 amide bonds. The molecule has 1 aliphatic heterocycles. The van der Waals surface area contributed by atoms with Crippen LogP contribution in [0.1, 0.15) is 22.3 Å². The lowest BCUT2D eigenvalue weighted by atomic mass is 9.89. The zero-order chi connectivity index (χ0) is 15.0. The number of hydrogen-bond acceptors (Lipinski definition) is 1. The van der Waals surface area contributed by atoms with Gasteiger partial charge in [0.1, 0.15) is 0 Å². The van der Waals surface area contributed by atoms with Crippen molar-refractivity contribution in [3.63, 3.8) is 0 Å². The van der Waals surface area contributed by atoms with Gasteiger partial charge in [-0.25, -0.2) is 0 Å². The highest BCUT2D eigenvalue weighted by atomic mass is 19.4. The summed E-state index contributed by atoms with van der Waals surface area (Å²) in [4.78, 5) is 0. The van der Waals surface area contributed by atoms with Crippen LogP contribution in [0.2, 0.25) is 0 Å². The summed E-state index contributed by atoms with van der Waals surface area (Å²) < 4.78 is 38.3. The number of nitrogens with one attached hydrogen (secondary N) is 1. The largest absolute Gasteiger partial charge is 0.416 e. The molecule has 1 nitrogen and oxygen atoms in total. The molecule has 0 saturated heterocycles. The number of fused-ring (bicyclic) bond motifs is 1. The van der Waals surface area contributed by atoms with Gasteiger partial charge in [0.25, 0.3) is 0 Å². The van der Waals surface area contributed by atoms with Crippen LogP contribution in [0.25, 0.3) is 11.1 Å². The monoisotopic (exact) mass is 291 g/mol. The van der Waals surface area contributed by atoms with E-state index in [1.807, 2.05) is 12.1 Å². The summed E-state index contributed by atoms with van der Waals surface area (Å²) in [5.74, 6) is 0. The second-order valence-corrected chi connectivity index (χ2v) is 5.40. The molecule has 0 unspecified atom stereocenters. The first-order valence-corrected chi connectivity index (χ1v) is 6.96. The van der Waals surface area contributed by atoms with E-state index in [0.717, 1.165) is 30.6 Å². The maximum absolute atomic E-state index is 12.8. The van der Waals surface area contributed by atoms with E-state index in [2.05, 4.69) is 11.4 Å². The number of benzene rings is 2. The summed E-state index contributed by atoms with van der Waals surface area (Å²) >= 11 is 0. The highest BCUT2D eigenvalue weighted by Gasteiger charge is 2.30. The molecule has 1 N–H and O–H groups in total. The fourth-order valence-corrected chi connectivity index (χ4v) is 2.93. The van der Waals surface area contributed by atoms with Gasteiger partial charge >= 0.3 is 6.18 Å². The van der Waals surface area contributed by atoms with E-state index in [0.29, 0.717) is 5.56 Å². The molecule has 0 saturated carbocycles. The standard InChI is InChI=1S/C17H16F3N/c1-11-9-13(17(18,19)20)5-6-14(11)16-4-2-3-12-10-21-8-7-15(12)16/h2-6,9,21H,7-8,10H2,1H3. The second-order valence-electron chi connectivity index (χ2n) is 5.40. The molecule has 110 valence electrons. The quantitative estimate of drug-likeness (QED) is 0.824. The Morgan fingerprint density at radius 1 is 1.05 bits per heavy atom. The van der Waals surface area contributed by atoms with Gasteiger partial charge in [0.05, 0.1) is 5.56 Å². The van der Waals surface area contributed by atoms with Gasteiger partial charge in [-0.2, -0.15) is 13.2 Å². The van der Waals surface area contributed by atoms with Crippen LogP contribution in [-0.2, 0) is 19.1 Å². The van der Waals surface area contributed by atoms with Gasteiger partial charge in [-0.05, 0) is 59.8 Å². The van der Waals surface area contributed by atoms with Crippen molar-refractivity contribution in [1.82, 2.24) is 5.32 Å². The summed E-state index contributed by atoms with van der Waals surface area (Å²) in [6, 6.07) is 10.0. The van der Waals surface area contributed by atoms with Gasteiger partial charge in [0, 0.05) is 6.54 Å². The normalized spacial score (nSPS) is 14.9. The number of rotatable bonds is 1. The number of aryl methyl sites for hydroxylation is 1. The molecule has 0 atom stereocenters. The van der Waals surface area contributed by atoms with Crippen LogP contribution >= 0.6 is 0 Å². The van der Waals surface area contributed by atoms with Crippen LogP contribution < -0.4 is 5.32 Å². The third kappa shape index (κ3) is 2.68. The lowest BCUT2D eigenvalue weighted by molar-refractivity contribution is -0.137. The minimum absolute atomic E-state index is 0.588. The molecule has 3 rings (SSSR count). The van der Waals surface area contributed by atoms with Gasteiger partial charge in [-0.3, -0.25) is 0 Å². The number of hydrogen-bond donors (Lipinski definition) is 1. The Morgan fingerprint density at radius 2 is 1.86 bits per heavy atom. The fraction of sp³-hybridized carbons (Fsp3) is 0.294. The molecule has 1 aliphatic rings. The summed E-state index contributed by atoms with van der Waals surface area (Å²) in [5.41, 5.74) is 4.51. The topological polar surface area (TPSA) is 12.0 Å². The predicted octanol–water partition coefficient (Wildman–Crippen LogP) is 4.33. The van der Waals surface area contributed by atoms with Crippen LogP contribution in [0.4, 0.5) is 13.2 Å². The van der Waals surface area contributed by atoms with E-state index in [1.165, 1.54) is 23.3 Å². The Bertz CT molecular complexity index is 674. The maximum atomic E-state index is 12.8. The minimum Gasteiger partial charge on any atom is -0.312 e. The smallest absolute Gasteiger partial charge is 0.312 e. The van der Waals surface area contributed by atoms with E-state index in [1.54, 1.807) is 13.0 Å². The third-order valence-corrected chi connectivity index (χ3v) is 3.98. The lowest BCUT2D eigenvalue weighted by Gasteiger charge is -2.21. The van der Waals surface area contributed by atoms with E-state index in [9.17, 15) is 13.2 Å². The van der Waals surface area contributed by atoms with E-state index >= 15 is 0 Å². The van der Waals surface area contributed by atoms with Gasteiger partial charge < -0.3 is 5.32 Å². The van der Waals surface area contributed by atoms with E-state index < -0.39 is 11.7 Å². The molecule has 21 heavy (non-hydrogen) atoms. The minimum atomic E-state index is -4.29. The summed E-state index contributed by atoms with van der Waals surface area (Å²) in [5, 5.41) is 3.31. The van der Waals surface area contributed by atoms with Crippen molar-refractivity contribution >= 4 is 0 Å². The van der Waals surface area contributed by atoms with Crippen molar-refractivity contribution in [3.8, 4) is 11.1 Å². The Labute approximate surface area is 121 Å². The first kappa shape index (κ1) is 14.1. The van der Waals surface area contributed by atoms with Gasteiger partial charge in [0.2, 0.25) is 0 Å². The zero-order valence-corrected chi connectivity index (χ0v) is 11.7. The summed E-state index contributed by atoms with van der Waals surface area (Å²) in [7, 11) is 0. The molecule has 0 bridgehead atoms. The average molecular weight is 291 g/mol. The molecule has 0 aromatic heterocycles. The number of halogens is 3. The number of alkyl halides is 3. The molecular formula is C17H16F3N. The van der Waals surface area contributed by atoms with E-state index in [-0.39, 0.29) is 0 Å². The maximum Gasteiger partial charge on any atom is 0.416 e.